The Kier molecular flexibility index (Phi) is 4.19. The van der Waals surface area contributed by atoms with E-state index in [1.807, 2.05) is 19.1 Å². The lowest BCUT2D eigenvalue weighted by Gasteiger charge is -2.42. The van der Waals surface area contributed by atoms with Crippen LogP contribution in [-0.2, 0) is 11.3 Å². The fourth-order valence-electron chi connectivity index (χ4n) is 3.41. The number of carboxylic acids is 1. The topological polar surface area (TPSA) is 59.0 Å². The first kappa shape index (κ1) is 15.4. The number of ether oxygens (including phenoxy) is 2. The summed E-state index contributed by atoms with van der Waals surface area (Å²) < 4.78 is 10.7. The Morgan fingerprint density at radius 1 is 1.36 bits per heavy atom. The van der Waals surface area contributed by atoms with Crippen molar-refractivity contribution in [2.75, 3.05) is 6.79 Å². The molecular weight excluding hydrogens is 306 g/mol. The quantitative estimate of drug-likeness (QED) is 0.925. The SMILES string of the molecule is C[C@@H]1CC[C@H](C(=O)O)[C@H](C)N1Cc1cc(Cl)c2c(c1)OCO2. The van der Waals surface area contributed by atoms with E-state index in [9.17, 15) is 9.90 Å². The number of halogens is 1. The molecular formula is C16H20ClNO4. The van der Waals surface area contributed by atoms with E-state index < -0.39 is 5.97 Å². The van der Waals surface area contributed by atoms with Crippen LogP contribution >= 0.6 is 11.6 Å². The highest BCUT2D eigenvalue weighted by Crippen LogP contribution is 2.40. The van der Waals surface area contributed by atoms with Crippen molar-refractivity contribution in [2.45, 2.75) is 45.3 Å². The van der Waals surface area contributed by atoms with Crippen molar-refractivity contribution < 1.29 is 19.4 Å². The van der Waals surface area contributed by atoms with E-state index in [2.05, 4.69) is 11.8 Å². The second kappa shape index (κ2) is 5.97. The number of nitrogens with zero attached hydrogens (tertiary/aromatic N) is 1. The molecule has 3 atom stereocenters. The zero-order valence-corrected chi connectivity index (χ0v) is 13.5. The second-order valence-corrected chi connectivity index (χ2v) is 6.50. The average Bonchev–Trinajstić information content (AvgIpc) is 2.92. The number of rotatable bonds is 3. The predicted molar refractivity (Wildman–Crippen MR) is 82.4 cm³/mol. The highest BCUT2D eigenvalue weighted by Gasteiger charge is 2.36. The van der Waals surface area contributed by atoms with Crippen molar-refractivity contribution in [3.05, 3.63) is 22.7 Å². The van der Waals surface area contributed by atoms with Gasteiger partial charge in [0, 0.05) is 18.6 Å². The van der Waals surface area contributed by atoms with E-state index in [-0.39, 0.29) is 18.8 Å². The number of hydrogen-bond donors (Lipinski definition) is 1. The van der Waals surface area contributed by atoms with E-state index in [4.69, 9.17) is 21.1 Å². The Morgan fingerprint density at radius 3 is 2.86 bits per heavy atom. The minimum Gasteiger partial charge on any atom is -0.481 e. The Morgan fingerprint density at radius 2 is 2.14 bits per heavy atom. The molecule has 0 aromatic heterocycles. The van der Waals surface area contributed by atoms with Gasteiger partial charge in [-0.3, -0.25) is 9.69 Å². The fourth-order valence-corrected chi connectivity index (χ4v) is 3.70. The van der Waals surface area contributed by atoms with Gasteiger partial charge in [0.15, 0.2) is 11.5 Å². The maximum absolute atomic E-state index is 11.4. The first-order valence-corrected chi connectivity index (χ1v) is 7.91. The molecule has 3 rings (SSSR count). The fraction of sp³-hybridized carbons (Fsp3) is 0.562. The van der Waals surface area contributed by atoms with E-state index in [0.29, 0.717) is 29.1 Å². The summed E-state index contributed by atoms with van der Waals surface area (Å²) in [5.74, 6) is 0.219. The molecule has 0 aliphatic carbocycles. The van der Waals surface area contributed by atoms with Gasteiger partial charge in [0.1, 0.15) is 0 Å². The highest BCUT2D eigenvalue weighted by atomic mass is 35.5. The van der Waals surface area contributed by atoms with Gasteiger partial charge in [-0.2, -0.15) is 0 Å². The maximum atomic E-state index is 11.4. The molecule has 2 aliphatic heterocycles. The predicted octanol–water partition coefficient (Wildman–Crippen LogP) is 3.14. The molecule has 1 saturated heterocycles. The van der Waals surface area contributed by atoms with Crippen LogP contribution in [0, 0.1) is 5.92 Å². The van der Waals surface area contributed by atoms with E-state index in [1.165, 1.54) is 0 Å². The molecule has 1 aromatic carbocycles. The van der Waals surface area contributed by atoms with Gasteiger partial charge in [0.2, 0.25) is 6.79 Å². The molecule has 1 aromatic rings. The zero-order chi connectivity index (χ0) is 15.9. The minimum atomic E-state index is -0.715. The summed E-state index contributed by atoms with van der Waals surface area (Å²) in [5, 5.41) is 9.90. The van der Waals surface area contributed by atoms with Crippen molar-refractivity contribution >= 4 is 17.6 Å². The Balaban J connectivity index is 1.82. The van der Waals surface area contributed by atoms with Crippen LogP contribution in [0.4, 0.5) is 0 Å². The monoisotopic (exact) mass is 325 g/mol. The van der Waals surface area contributed by atoms with Crippen LogP contribution in [0.15, 0.2) is 12.1 Å². The maximum Gasteiger partial charge on any atom is 0.308 e. The van der Waals surface area contributed by atoms with Gasteiger partial charge in [-0.1, -0.05) is 11.6 Å². The number of fused-ring (bicyclic) bond motifs is 1. The first-order valence-electron chi connectivity index (χ1n) is 7.54. The van der Waals surface area contributed by atoms with Crippen molar-refractivity contribution in [1.82, 2.24) is 4.90 Å². The normalized spacial score (nSPS) is 27.9. The third-order valence-corrected chi connectivity index (χ3v) is 5.02. The van der Waals surface area contributed by atoms with Gasteiger partial charge in [-0.25, -0.2) is 0 Å². The Hall–Kier alpha value is -1.46. The molecule has 120 valence electrons. The third kappa shape index (κ3) is 2.75. The number of aliphatic carboxylic acids is 1. The number of hydrogen-bond acceptors (Lipinski definition) is 4. The van der Waals surface area contributed by atoms with Crippen molar-refractivity contribution in [2.24, 2.45) is 5.92 Å². The number of carbonyl (C=O) groups is 1. The molecule has 1 fully saturated rings. The molecule has 1 N–H and O–H groups in total. The number of likely N-dealkylation sites (tertiary alicyclic amines) is 1. The van der Waals surface area contributed by atoms with Crippen LogP contribution in [0.25, 0.3) is 0 Å². The van der Waals surface area contributed by atoms with E-state index >= 15 is 0 Å². The summed E-state index contributed by atoms with van der Waals surface area (Å²) in [6, 6.07) is 4.14. The van der Waals surface area contributed by atoms with Crippen LogP contribution < -0.4 is 9.47 Å². The summed E-state index contributed by atoms with van der Waals surface area (Å²) in [6.07, 6.45) is 1.62. The van der Waals surface area contributed by atoms with Gasteiger partial charge in [-0.05, 0) is 44.4 Å². The standard InChI is InChI=1S/C16H20ClNO4/c1-9-3-4-12(16(19)20)10(2)18(9)7-11-5-13(17)15-14(6-11)21-8-22-15/h5-6,9-10,12H,3-4,7-8H2,1-2H3,(H,19,20)/t9-,10+,12+/m1/s1. The molecule has 5 nitrogen and oxygen atoms in total. The second-order valence-electron chi connectivity index (χ2n) is 6.10. The molecule has 0 unspecified atom stereocenters. The first-order chi connectivity index (χ1) is 10.5. The molecule has 0 radical (unpaired) electrons. The molecule has 0 amide bonds. The summed E-state index contributed by atoms with van der Waals surface area (Å²) in [7, 11) is 0. The highest BCUT2D eigenvalue weighted by molar-refractivity contribution is 6.32. The van der Waals surface area contributed by atoms with Gasteiger partial charge in [-0.15, -0.1) is 0 Å². The van der Waals surface area contributed by atoms with Gasteiger partial charge >= 0.3 is 5.97 Å². The molecule has 2 aliphatic rings. The number of carboxylic acid groups (broad SMARTS) is 1. The lowest BCUT2D eigenvalue weighted by Crippen LogP contribution is -2.50. The van der Waals surface area contributed by atoms with E-state index in [1.54, 1.807) is 0 Å². The van der Waals surface area contributed by atoms with Crippen molar-refractivity contribution in [3.8, 4) is 11.5 Å². The van der Waals surface area contributed by atoms with Crippen LogP contribution in [0.5, 0.6) is 11.5 Å². The van der Waals surface area contributed by atoms with Crippen molar-refractivity contribution in [1.29, 1.82) is 0 Å². The Bertz CT molecular complexity index is 592. The summed E-state index contributed by atoms with van der Waals surface area (Å²) in [5.41, 5.74) is 1.01. The molecule has 2 heterocycles. The van der Waals surface area contributed by atoms with Crippen molar-refractivity contribution in [3.63, 3.8) is 0 Å². The van der Waals surface area contributed by atoms with Crippen LogP contribution in [-0.4, -0.2) is 34.9 Å². The molecule has 22 heavy (non-hydrogen) atoms. The van der Waals surface area contributed by atoms with Crippen LogP contribution in [0.1, 0.15) is 32.3 Å². The van der Waals surface area contributed by atoms with Gasteiger partial charge in [0.05, 0.1) is 10.9 Å². The van der Waals surface area contributed by atoms with E-state index in [0.717, 1.165) is 18.4 Å². The van der Waals surface area contributed by atoms with Gasteiger partial charge < -0.3 is 14.6 Å². The zero-order valence-electron chi connectivity index (χ0n) is 12.7. The third-order valence-electron chi connectivity index (χ3n) is 4.74. The van der Waals surface area contributed by atoms with Crippen LogP contribution in [0.3, 0.4) is 0 Å². The summed E-state index contributed by atoms with van der Waals surface area (Å²) >= 11 is 6.23. The lowest BCUT2D eigenvalue weighted by molar-refractivity contribution is -0.146. The smallest absolute Gasteiger partial charge is 0.308 e. The molecule has 0 bridgehead atoms. The molecule has 0 spiro atoms. The molecule has 0 saturated carbocycles. The lowest BCUT2D eigenvalue weighted by atomic mass is 9.86. The van der Waals surface area contributed by atoms with Gasteiger partial charge in [0.25, 0.3) is 0 Å². The molecule has 6 heteroatoms. The number of benzene rings is 1. The summed E-state index contributed by atoms with van der Waals surface area (Å²) in [6.45, 7) is 4.98. The average molecular weight is 326 g/mol. The number of piperidine rings is 1. The van der Waals surface area contributed by atoms with Crippen LogP contribution in [0.2, 0.25) is 5.02 Å². The minimum absolute atomic E-state index is 0.00884. The summed E-state index contributed by atoms with van der Waals surface area (Å²) in [4.78, 5) is 13.6. The Labute approximate surface area is 134 Å². The largest absolute Gasteiger partial charge is 0.481 e.